The summed E-state index contributed by atoms with van der Waals surface area (Å²) in [6.07, 6.45) is 0. The predicted molar refractivity (Wildman–Crippen MR) is 64.1 cm³/mol. The normalized spacial score (nSPS) is 14.4. The number of nitrogens with one attached hydrogen (secondary N) is 1. The van der Waals surface area contributed by atoms with Crippen LogP contribution in [0.25, 0.3) is 0 Å². The minimum atomic E-state index is -1.83. The number of carbonyl (C=O) groups is 1. The van der Waals surface area contributed by atoms with E-state index in [1.165, 1.54) is 19.1 Å². The molecule has 0 amide bonds. The second-order valence-electron chi connectivity index (χ2n) is 3.92. The molecule has 6 heteroatoms. The summed E-state index contributed by atoms with van der Waals surface area (Å²) in [7, 11) is 0. The van der Waals surface area contributed by atoms with Gasteiger partial charge in [-0.2, -0.15) is 0 Å². The van der Waals surface area contributed by atoms with Gasteiger partial charge in [0, 0.05) is 17.6 Å². The molecule has 1 rings (SSSR count). The molecular weight excluding hydrogens is 293 g/mol. The maximum atomic E-state index is 12.9. The fourth-order valence-corrected chi connectivity index (χ4v) is 1.58. The van der Waals surface area contributed by atoms with E-state index < -0.39 is 11.6 Å². The Bertz CT molecular complexity index is 423. The van der Waals surface area contributed by atoms with Gasteiger partial charge in [-0.1, -0.05) is 15.9 Å². The first-order valence-corrected chi connectivity index (χ1v) is 5.72. The van der Waals surface area contributed by atoms with Gasteiger partial charge in [0.15, 0.2) is 5.60 Å². The number of carboxylic acids is 1. The molecule has 1 atom stereocenters. The average molecular weight is 306 g/mol. The Morgan fingerprint density at radius 2 is 2.24 bits per heavy atom. The lowest BCUT2D eigenvalue weighted by Crippen LogP contribution is -2.44. The van der Waals surface area contributed by atoms with E-state index in [9.17, 15) is 14.3 Å². The molecule has 0 radical (unpaired) electrons. The van der Waals surface area contributed by atoms with Crippen molar-refractivity contribution >= 4 is 21.9 Å². The fourth-order valence-electron chi connectivity index (χ4n) is 1.19. The van der Waals surface area contributed by atoms with E-state index in [0.29, 0.717) is 5.56 Å². The van der Waals surface area contributed by atoms with Crippen LogP contribution >= 0.6 is 15.9 Å². The third kappa shape index (κ3) is 4.07. The first-order chi connectivity index (χ1) is 7.83. The summed E-state index contributed by atoms with van der Waals surface area (Å²) in [5, 5.41) is 20.9. The van der Waals surface area contributed by atoms with Crippen LogP contribution in [0, 0.1) is 5.82 Å². The Morgan fingerprint density at radius 1 is 1.59 bits per heavy atom. The molecule has 17 heavy (non-hydrogen) atoms. The van der Waals surface area contributed by atoms with Crippen molar-refractivity contribution in [1.82, 2.24) is 5.32 Å². The molecule has 1 aromatic rings. The summed E-state index contributed by atoms with van der Waals surface area (Å²) in [5.41, 5.74) is -1.18. The highest BCUT2D eigenvalue weighted by Crippen LogP contribution is 2.17. The number of benzene rings is 1. The number of hydrogen-bond donors (Lipinski definition) is 3. The maximum absolute atomic E-state index is 12.9. The number of hydrogen-bond acceptors (Lipinski definition) is 3. The van der Waals surface area contributed by atoms with Crippen LogP contribution in [-0.2, 0) is 11.3 Å². The van der Waals surface area contributed by atoms with Crippen LogP contribution in [0.2, 0.25) is 0 Å². The summed E-state index contributed by atoms with van der Waals surface area (Å²) in [6.45, 7) is 1.34. The van der Waals surface area contributed by atoms with E-state index in [1.807, 2.05) is 0 Å². The molecule has 0 spiro atoms. The van der Waals surface area contributed by atoms with E-state index >= 15 is 0 Å². The van der Waals surface area contributed by atoms with Gasteiger partial charge >= 0.3 is 5.97 Å². The highest BCUT2D eigenvalue weighted by molar-refractivity contribution is 9.10. The maximum Gasteiger partial charge on any atom is 0.336 e. The summed E-state index contributed by atoms with van der Waals surface area (Å²) >= 11 is 3.25. The zero-order chi connectivity index (χ0) is 13.1. The van der Waals surface area contributed by atoms with Gasteiger partial charge in [-0.05, 0) is 30.7 Å². The molecular formula is C11H13BrFNO3. The van der Waals surface area contributed by atoms with Gasteiger partial charge in [0.25, 0.3) is 0 Å². The van der Waals surface area contributed by atoms with Crippen LogP contribution in [0.4, 0.5) is 4.39 Å². The molecule has 0 saturated carbocycles. The molecule has 0 saturated heterocycles. The third-order valence-corrected chi connectivity index (χ3v) is 3.03. The molecule has 0 aliphatic carbocycles. The van der Waals surface area contributed by atoms with Gasteiger partial charge in [0.05, 0.1) is 0 Å². The van der Waals surface area contributed by atoms with Crippen LogP contribution in [0.5, 0.6) is 0 Å². The number of rotatable bonds is 5. The molecule has 0 aliphatic rings. The monoisotopic (exact) mass is 305 g/mol. The second kappa shape index (κ2) is 5.57. The first kappa shape index (κ1) is 14.1. The highest BCUT2D eigenvalue weighted by atomic mass is 79.9. The van der Waals surface area contributed by atoms with Crippen LogP contribution in [0.15, 0.2) is 22.7 Å². The van der Waals surface area contributed by atoms with Gasteiger partial charge in [-0.25, -0.2) is 9.18 Å². The number of halogens is 2. The number of aliphatic carboxylic acids is 1. The van der Waals surface area contributed by atoms with Gasteiger partial charge in [-0.15, -0.1) is 0 Å². The molecule has 0 heterocycles. The van der Waals surface area contributed by atoms with Crippen LogP contribution in [-0.4, -0.2) is 28.3 Å². The van der Waals surface area contributed by atoms with Crippen molar-refractivity contribution in [3.63, 3.8) is 0 Å². The van der Waals surface area contributed by atoms with Crippen molar-refractivity contribution in [3.8, 4) is 0 Å². The van der Waals surface area contributed by atoms with Crippen LogP contribution in [0.1, 0.15) is 12.5 Å². The second-order valence-corrected chi connectivity index (χ2v) is 4.77. The van der Waals surface area contributed by atoms with Crippen molar-refractivity contribution in [2.75, 3.05) is 6.54 Å². The summed E-state index contributed by atoms with van der Waals surface area (Å²) in [5.74, 6) is -1.67. The van der Waals surface area contributed by atoms with E-state index in [4.69, 9.17) is 5.11 Å². The van der Waals surface area contributed by atoms with Crippen molar-refractivity contribution < 1.29 is 19.4 Å². The van der Waals surface area contributed by atoms with Crippen LogP contribution < -0.4 is 5.32 Å². The van der Waals surface area contributed by atoms with Gasteiger partial charge < -0.3 is 15.5 Å². The molecule has 4 nitrogen and oxygen atoms in total. The van der Waals surface area contributed by atoms with Crippen molar-refractivity contribution in [2.45, 2.75) is 19.1 Å². The molecule has 94 valence electrons. The van der Waals surface area contributed by atoms with Crippen molar-refractivity contribution in [2.24, 2.45) is 0 Å². The minimum Gasteiger partial charge on any atom is -0.479 e. The molecule has 0 fully saturated rings. The Kier molecular flexibility index (Phi) is 4.62. The molecule has 0 bridgehead atoms. The van der Waals surface area contributed by atoms with E-state index in [2.05, 4.69) is 21.2 Å². The van der Waals surface area contributed by atoms with Crippen molar-refractivity contribution in [1.29, 1.82) is 0 Å². The van der Waals surface area contributed by atoms with Crippen molar-refractivity contribution in [3.05, 3.63) is 34.1 Å². The Labute approximate surface area is 107 Å². The predicted octanol–water partition coefficient (Wildman–Crippen LogP) is 1.51. The number of aliphatic hydroxyl groups is 1. The molecule has 0 aromatic heterocycles. The molecule has 1 aromatic carbocycles. The number of carboxylic acid groups (broad SMARTS) is 1. The molecule has 3 N–H and O–H groups in total. The largest absolute Gasteiger partial charge is 0.479 e. The quantitative estimate of drug-likeness (QED) is 0.771. The zero-order valence-electron chi connectivity index (χ0n) is 9.20. The summed E-state index contributed by atoms with van der Waals surface area (Å²) in [4.78, 5) is 10.6. The summed E-state index contributed by atoms with van der Waals surface area (Å²) < 4.78 is 13.7. The lowest BCUT2D eigenvalue weighted by molar-refractivity contribution is -0.156. The topological polar surface area (TPSA) is 69.6 Å². The average Bonchev–Trinajstić information content (AvgIpc) is 2.22. The van der Waals surface area contributed by atoms with Crippen LogP contribution in [0.3, 0.4) is 0 Å². The minimum absolute atomic E-state index is 0.120. The first-order valence-electron chi connectivity index (χ1n) is 4.93. The smallest absolute Gasteiger partial charge is 0.336 e. The lowest BCUT2D eigenvalue weighted by atomic mass is 10.1. The van der Waals surface area contributed by atoms with E-state index in [1.54, 1.807) is 6.07 Å². The molecule has 1 unspecified atom stereocenters. The summed E-state index contributed by atoms with van der Waals surface area (Å²) in [6, 6.07) is 4.23. The Hall–Kier alpha value is -0.980. The highest BCUT2D eigenvalue weighted by Gasteiger charge is 2.29. The zero-order valence-corrected chi connectivity index (χ0v) is 10.8. The fraction of sp³-hybridized carbons (Fsp3) is 0.364. The Balaban J connectivity index is 2.57. The SMILES string of the molecule is CC(O)(CNCc1cc(F)ccc1Br)C(=O)O. The van der Waals surface area contributed by atoms with Gasteiger partial charge in [0.1, 0.15) is 5.82 Å². The van der Waals surface area contributed by atoms with Gasteiger partial charge in [0.2, 0.25) is 0 Å². The van der Waals surface area contributed by atoms with E-state index in [0.717, 1.165) is 4.47 Å². The van der Waals surface area contributed by atoms with Gasteiger partial charge in [-0.3, -0.25) is 0 Å². The lowest BCUT2D eigenvalue weighted by Gasteiger charge is -2.18. The van der Waals surface area contributed by atoms with E-state index in [-0.39, 0.29) is 18.9 Å². The molecule has 0 aliphatic heterocycles. The standard InChI is InChI=1S/C11H13BrFNO3/c1-11(17,10(15)16)6-14-5-7-4-8(13)2-3-9(7)12/h2-4,14,17H,5-6H2,1H3,(H,15,16). The third-order valence-electron chi connectivity index (χ3n) is 2.25. The Morgan fingerprint density at radius 3 is 2.82 bits per heavy atom.